The molecule has 17 heavy (non-hydrogen) atoms. The van der Waals surface area contributed by atoms with Crippen molar-refractivity contribution in [2.45, 2.75) is 9.92 Å². The van der Waals surface area contributed by atoms with Crippen LogP contribution in [0.25, 0.3) is 0 Å². The smallest absolute Gasteiger partial charge is 0.151 e. The fourth-order valence-electron chi connectivity index (χ4n) is 1.42. The van der Waals surface area contributed by atoms with E-state index in [9.17, 15) is 0 Å². The van der Waals surface area contributed by atoms with Crippen LogP contribution in [-0.2, 0) is 0 Å². The van der Waals surface area contributed by atoms with Gasteiger partial charge in [-0.2, -0.15) is 0 Å². The maximum Gasteiger partial charge on any atom is 0.151 e. The van der Waals surface area contributed by atoms with Crippen molar-refractivity contribution in [3.05, 3.63) is 42.6 Å². The summed E-state index contributed by atoms with van der Waals surface area (Å²) in [6.07, 6.45) is 1.75. The van der Waals surface area contributed by atoms with Crippen LogP contribution in [0.15, 0.2) is 52.5 Å². The van der Waals surface area contributed by atoms with Crippen LogP contribution in [0, 0.1) is 0 Å². The fraction of sp³-hybridized carbons (Fsp3) is 0.154. The summed E-state index contributed by atoms with van der Waals surface area (Å²) in [5.41, 5.74) is 0. The number of hydrogen-bond acceptors (Lipinski definition) is 4. The SMILES string of the molecule is COc1ccccc1Sc1ncccc1OC. The van der Waals surface area contributed by atoms with E-state index in [2.05, 4.69) is 4.98 Å². The van der Waals surface area contributed by atoms with E-state index in [4.69, 9.17) is 9.47 Å². The van der Waals surface area contributed by atoms with E-state index in [1.807, 2.05) is 36.4 Å². The zero-order valence-electron chi connectivity index (χ0n) is 9.71. The number of pyridine rings is 1. The zero-order chi connectivity index (χ0) is 12.1. The van der Waals surface area contributed by atoms with Gasteiger partial charge in [0.1, 0.15) is 10.8 Å². The van der Waals surface area contributed by atoms with Crippen molar-refractivity contribution in [1.82, 2.24) is 4.98 Å². The van der Waals surface area contributed by atoms with Gasteiger partial charge in [0.15, 0.2) is 5.75 Å². The first-order valence-corrected chi connectivity index (χ1v) is 5.96. The number of rotatable bonds is 4. The van der Waals surface area contributed by atoms with Gasteiger partial charge in [0.25, 0.3) is 0 Å². The maximum absolute atomic E-state index is 5.30. The van der Waals surface area contributed by atoms with Gasteiger partial charge in [0, 0.05) is 6.20 Å². The third kappa shape index (κ3) is 2.71. The van der Waals surface area contributed by atoms with Crippen molar-refractivity contribution in [3.63, 3.8) is 0 Å². The highest BCUT2D eigenvalue weighted by atomic mass is 32.2. The second-order valence-corrected chi connectivity index (χ2v) is 4.29. The van der Waals surface area contributed by atoms with Gasteiger partial charge < -0.3 is 9.47 Å². The molecule has 0 bridgehead atoms. The van der Waals surface area contributed by atoms with Gasteiger partial charge in [0.2, 0.25) is 0 Å². The van der Waals surface area contributed by atoms with Gasteiger partial charge in [-0.25, -0.2) is 4.98 Å². The normalized spacial score (nSPS) is 10.0. The molecule has 3 nitrogen and oxygen atoms in total. The van der Waals surface area contributed by atoms with Crippen LogP contribution in [0.3, 0.4) is 0 Å². The Morgan fingerprint density at radius 2 is 1.65 bits per heavy atom. The standard InChI is InChI=1S/C13H13NO2S/c1-15-10-6-3-4-8-12(10)17-13-11(16-2)7-5-9-14-13/h3-9H,1-2H3. The Kier molecular flexibility index (Phi) is 3.88. The van der Waals surface area contributed by atoms with Crippen molar-refractivity contribution in [3.8, 4) is 11.5 Å². The van der Waals surface area contributed by atoms with Gasteiger partial charge in [-0.1, -0.05) is 23.9 Å². The van der Waals surface area contributed by atoms with E-state index < -0.39 is 0 Å². The van der Waals surface area contributed by atoms with Crippen LogP contribution in [-0.4, -0.2) is 19.2 Å². The Hall–Kier alpha value is -1.68. The van der Waals surface area contributed by atoms with Crippen LogP contribution >= 0.6 is 11.8 Å². The molecule has 1 heterocycles. The lowest BCUT2D eigenvalue weighted by atomic mass is 10.3. The van der Waals surface area contributed by atoms with Gasteiger partial charge in [-0.3, -0.25) is 0 Å². The number of methoxy groups -OCH3 is 2. The van der Waals surface area contributed by atoms with Crippen molar-refractivity contribution >= 4 is 11.8 Å². The third-order valence-corrected chi connectivity index (χ3v) is 3.29. The monoisotopic (exact) mass is 247 g/mol. The van der Waals surface area contributed by atoms with Crippen LogP contribution in [0.1, 0.15) is 0 Å². The highest BCUT2D eigenvalue weighted by Gasteiger charge is 2.09. The first-order chi connectivity index (χ1) is 8.35. The predicted octanol–water partition coefficient (Wildman–Crippen LogP) is 3.25. The quantitative estimate of drug-likeness (QED) is 0.830. The molecular weight excluding hydrogens is 234 g/mol. The molecule has 0 radical (unpaired) electrons. The van der Waals surface area contributed by atoms with Crippen LogP contribution in [0.2, 0.25) is 0 Å². The van der Waals surface area contributed by atoms with Gasteiger partial charge in [-0.15, -0.1) is 0 Å². The van der Waals surface area contributed by atoms with Crippen LogP contribution in [0.4, 0.5) is 0 Å². The molecule has 0 fully saturated rings. The molecule has 0 unspecified atom stereocenters. The van der Waals surface area contributed by atoms with E-state index >= 15 is 0 Å². The van der Waals surface area contributed by atoms with E-state index in [0.717, 1.165) is 21.4 Å². The summed E-state index contributed by atoms with van der Waals surface area (Å²) < 4.78 is 10.6. The average molecular weight is 247 g/mol. The fourth-order valence-corrected chi connectivity index (χ4v) is 2.39. The molecule has 2 rings (SSSR count). The zero-order valence-corrected chi connectivity index (χ0v) is 10.5. The Morgan fingerprint density at radius 1 is 0.941 bits per heavy atom. The number of ether oxygens (including phenoxy) is 2. The molecule has 0 aliphatic carbocycles. The minimum atomic E-state index is 0.767. The minimum absolute atomic E-state index is 0.767. The summed E-state index contributed by atoms with van der Waals surface area (Å²) in [5, 5.41) is 0.833. The molecule has 88 valence electrons. The van der Waals surface area contributed by atoms with Crippen LogP contribution < -0.4 is 9.47 Å². The summed E-state index contributed by atoms with van der Waals surface area (Å²) in [6, 6.07) is 11.6. The number of aromatic nitrogens is 1. The summed E-state index contributed by atoms with van der Waals surface area (Å²) in [5.74, 6) is 1.61. The molecule has 1 aromatic carbocycles. The lowest BCUT2D eigenvalue weighted by Crippen LogP contribution is -1.90. The average Bonchev–Trinajstić information content (AvgIpc) is 2.40. The van der Waals surface area contributed by atoms with Gasteiger partial charge in [-0.05, 0) is 24.3 Å². The first kappa shape index (κ1) is 11.8. The Bertz CT molecular complexity index is 457. The highest BCUT2D eigenvalue weighted by Crippen LogP contribution is 2.37. The predicted molar refractivity (Wildman–Crippen MR) is 67.9 cm³/mol. The van der Waals surface area contributed by atoms with Crippen molar-refractivity contribution in [1.29, 1.82) is 0 Å². The molecule has 0 atom stereocenters. The van der Waals surface area contributed by atoms with E-state index in [1.165, 1.54) is 11.8 Å². The van der Waals surface area contributed by atoms with Crippen molar-refractivity contribution < 1.29 is 9.47 Å². The minimum Gasteiger partial charge on any atom is -0.496 e. The second kappa shape index (κ2) is 5.59. The summed E-state index contributed by atoms with van der Waals surface area (Å²) >= 11 is 1.53. The second-order valence-electron chi connectivity index (χ2n) is 3.26. The molecule has 0 saturated heterocycles. The van der Waals surface area contributed by atoms with Gasteiger partial charge in [0.05, 0.1) is 19.1 Å². The summed E-state index contributed by atoms with van der Waals surface area (Å²) in [7, 11) is 3.30. The maximum atomic E-state index is 5.30. The van der Waals surface area contributed by atoms with Crippen molar-refractivity contribution in [2.24, 2.45) is 0 Å². The molecule has 4 heteroatoms. The highest BCUT2D eigenvalue weighted by molar-refractivity contribution is 7.99. The molecule has 0 N–H and O–H groups in total. The topological polar surface area (TPSA) is 31.4 Å². The molecule has 2 aromatic rings. The lowest BCUT2D eigenvalue weighted by Gasteiger charge is -2.09. The number of hydrogen-bond donors (Lipinski definition) is 0. The van der Waals surface area contributed by atoms with Gasteiger partial charge >= 0.3 is 0 Å². The molecule has 0 aliphatic rings. The van der Waals surface area contributed by atoms with Crippen molar-refractivity contribution in [2.75, 3.05) is 14.2 Å². The molecular formula is C13H13NO2S. The van der Waals surface area contributed by atoms with E-state index in [0.29, 0.717) is 0 Å². The Balaban J connectivity index is 2.31. The third-order valence-electron chi connectivity index (χ3n) is 2.23. The number of para-hydroxylation sites is 1. The molecule has 0 aliphatic heterocycles. The van der Waals surface area contributed by atoms with E-state index in [-0.39, 0.29) is 0 Å². The lowest BCUT2D eigenvalue weighted by molar-refractivity contribution is 0.399. The molecule has 1 aromatic heterocycles. The van der Waals surface area contributed by atoms with E-state index in [1.54, 1.807) is 20.4 Å². The number of benzene rings is 1. The largest absolute Gasteiger partial charge is 0.496 e. The summed E-state index contributed by atoms with van der Waals surface area (Å²) in [6.45, 7) is 0. The van der Waals surface area contributed by atoms with Crippen LogP contribution in [0.5, 0.6) is 11.5 Å². The Labute approximate surface area is 105 Å². The first-order valence-electron chi connectivity index (χ1n) is 5.15. The Morgan fingerprint density at radius 3 is 2.41 bits per heavy atom. The number of nitrogens with zero attached hydrogens (tertiary/aromatic N) is 1. The molecule has 0 spiro atoms. The molecule has 0 amide bonds. The molecule has 0 saturated carbocycles. The summed E-state index contributed by atoms with van der Waals surface area (Å²) in [4.78, 5) is 5.32.